The van der Waals surface area contributed by atoms with Crippen molar-refractivity contribution in [2.24, 2.45) is 11.0 Å². The van der Waals surface area contributed by atoms with Gasteiger partial charge >= 0.3 is 5.91 Å². The second-order valence-corrected chi connectivity index (χ2v) is 6.52. The van der Waals surface area contributed by atoms with Crippen LogP contribution in [0, 0.1) is 5.92 Å². The number of carbonyl (C=O) groups excluding carboxylic acids is 2. The number of benzene rings is 1. The third-order valence-corrected chi connectivity index (χ3v) is 4.59. The van der Waals surface area contributed by atoms with Crippen molar-refractivity contribution in [3.63, 3.8) is 0 Å². The fourth-order valence-electron chi connectivity index (χ4n) is 3.09. The lowest BCUT2D eigenvalue weighted by Gasteiger charge is -2.20. The van der Waals surface area contributed by atoms with Crippen LogP contribution in [0.1, 0.15) is 55.1 Å². The van der Waals surface area contributed by atoms with Gasteiger partial charge in [-0.2, -0.15) is 5.10 Å². The molecule has 0 saturated heterocycles. The van der Waals surface area contributed by atoms with Crippen molar-refractivity contribution in [1.82, 2.24) is 5.43 Å². The number of hydrogen-bond acceptors (Lipinski definition) is 4. The highest BCUT2D eigenvalue weighted by Crippen LogP contribution is 2.25. The molecule has 0 aliphatic heterocycles. The first-order valence-electron chi connectivity index (χ1n) is 8.93. The summed E-state index contributed by atoms with van der Waals surface area (Å²) in [6, 6.07) is 10.7. The lowest BCUT2D eigenvalue weighted by atomic mass is 9.88. The molecule has 2 amide bonds. The lowest BCUT2D eigenvalue weighted by molar-refractivity contribution is -0.120. The number of amides is 2. The number of carbonyl (C=O) groups is 2. The maximum Gasteiger partial charge on any atom is 0.307 e. The van der Waals surface area contributed by atoms with Gasteiger partial charge in [-0.25, -0.2) is 5.43 Å². The van der Waals surface area contributed by atoms with Gasteiger partial charge in [0.05, 0.1) is 12.0 Å². The van der Waals surface area contributed by atoms with Crippen molar-refractivity contribution in [1.29, 1.82) is 0 Å². The summed E-state index contributed by atoms with van der Waals surface area (Å²) in [6.07, 6.45) is 6.83. The van der Waals surface area contributed by atoms with Gasteiger partial charge in [0.1, 0.15) is 0 Å². The van der Waals surface area contributed by atoms with E-state index in [1.165, 1.54) is 12.7 Å². The zero-order valence-electron chi connectivity index (χ0n) is 14.8. The van der Waals surface area contributed by atoms with Gasteiger partial charge in [-0.3, -0.25) is 9.59 Å². The zero-order chi connectivity index (χ0) is 18.4. The molecule has 1 fully saturated rings. The largest absolute Gasteiger partial charge is 0.459 e. The molecule has 1 heterocycles. The summed E-state index contributed by atoms with van der Waals surface area (Å²) in [7, 11) is 0. The Morgan fingerprint density at radius 3 is 2.65 bits per heavy atom. The van der Waals surface area contributed by atoms with Crippen molar-refractivity contribution >= 4 is 23.2 Å². The van der Waals surface area contributed by atoms with Gasteiger partial charge in [-0.1, -0.05) is 31.4 Å². The third-order valence-electron chi connectivity index (χ3n) is 4.59. The SMILES string of the molecule is C/C(=N/NC(=O)c1ccco1)c1cccc(NC(=O)C2CCCCC2)c1. The number of furan rings is 1. The smallest absolute Gasteiger partial charge is 0.307 e. The summed E-state index contributed by atoms with van der Waals surface area (Å²) in [5.74, 6) is -0.0107. The highest BCUT2D eigenvalue weighted by atomic mass is 16.3. The van der Waals surface area contributed by atoms with E-state index >= 15 is 0 Å². The molecule has 1 aromatic heterocycles. The van der Waals surface area contributed by atoms with Crippen LogP contribution in [0.25, 0.3) is 0 Å². The highest BCUT2D eigenvalue weighted by molar-refractivity contribution is 6.02. The predicted octanol–water partition coefficient (Wildman–Crippen LogP) is 3.95. The number of anilines is 1. The molecule has 6 heteroatoms. The lowest BCUT2D eigenvalue weighted by Crippen LogP contribution is -2.24. The molecule has 3 rings (SSSR count). The molecule has 0 unspecified atom stereocenters. The van der Waals surface area contributed by atoms with E-state index in [0.717, 1.165) is 36.9 Å². The van der Waals surface area contributed by atoms with E-state index in [1.807, 2.05) is 24.3 Å². The van der Waals surface area contributed by atoms with Gasteiger partial charge in [0.25, 0.3) is 0 Å². The standard InChI is InChI=1S/C20H23N3O3/c1-14(22-23-20(25)18-11-6-12-26-18)16-9-5-10-17(13-16)21-19(24)15-7-3-2-4-8-15/h5-6,9-13,15H,2-4,7-8H2,1H3,(H,21,24)(H,23,25)/b22-14-. The second-order valence-electron chi connectivity index (χ2n) is 6.52. The van der Waals surface area contributed by atoms with E-state index in [-0.39, 0.29) is 17.6 Å². The number of hydrazone groups is 1. The average Bonchev–Trinajstić information content (AvgIpc) is 3.21. The summed E-state index contributed by atoms with van der Waals surface area (Å²) < 4.78 is 5.02. The van der Waals surface area contributed by atoms with E-state index < -0.39 is 5.91 Å². The molecule has 2 N–H and O–H groups in total. The topological polar surface area (TPSA) is 83.7 Å². The molecule has 2 aromatic rings. The predicted molar refractivity (Wildman–Crippen MR) is 100 cm³/mol. The van der Waals surface area contributed by atoms with Crippen LogP contribution < -0.4 is 10.7 Å². The molecule has 1 aromatic carbocycles. The Morgan fingerprint density at radius 2 is 1.92 bits per heavy atom. The first-order chi connectivity index (χ1) is 12.6. The Morgan fingerprint density at radius 1 is 1.12 bits per heavy atom. The second kappa shape index (κ2) is 8.47. The first-order valence-corrected chi connectivity index (χ1v) is 8.93. The monoisotopic (exact) mass is 353 g/mol. The molecular weight excluding hydrogens is 330 g/mol. The first kappa shape index (κ1) is 17.9. The van der Waals surface area contributed by atoms with Crippen LogP contribution in [0.5, 0.6) is 0 Å². The molecule has 1 aliphatic rings. The Hall–Kier alpha value is -2.89. The summed E-state index contributed by atoms with van der Waals surface area (Å²) >= 11 is 0. The fourth-order valence-corrected chi connectivity index (χ4v) is 3.09. The number of rotatable bonds is 5. The molecule has 0 radical (unpaired) electrons. The molecule has 136 valence electrons. The van der Waals surface area contributed by atoms with Crippen molar-refractivity contribution in [2.45, 2.75) is 39.0 Å². The van der Waals surface area contributed by atoms with E-state index in [1.54, 1.807) is 19.1 Å². The molecule has 26 heavy (non-hydrogen) atoms. The van der Waals surface area contributed by atoms with Crippen molar-refractivity contribution in [3.8, 4) is 0 Å². The molecule has 1 aliphatic carbocycles. The van der Waals surface area contributed by atoms with E-state index in [4.69, 9.17) is 4.42 Å². The summed E-state index contributed by atoms with van der Waals surface area (Å²) in [4.78, 5) is 24.2. The minimum atomic E-state index is -0.406. The van der Waals surface area contributed by atoms with Gasteiger partial charge in [-0.05, 0) is 49.6 Å². The summed E-state index contributed by atoms with van der Waals surface area (Å²) in [6.45, 7) is 1.80. The zero-order valence-corrected chi connectivity index (χ0v) is 14.8. The molecule has 0 bridgehead atoms. The van der Waals surface area contributed by atoms with Gasteiger partial charge in [0.2, 0.25) is 5.91 Å². The Balaban J connectivity index is 1.63. The quantitative estimate of drug-likeness (QED) is 0.630. The molecule has 0 atom stereocenters. The van der Waals surface area contributed by atoms with Crippen molar-refractivity contribution in [3.05, 3.63) is 54.0 Å². The normalized spacial score (nSPS) is 15.5. The van der Waals surface area contributed by atoms with Crippen LogP contribution >= 0.6 is 0 Å². The Labute approximate surface area is 152 Å². The number of nitrogens with one attached hydrogen (secondary N) is 2. The van der Waals surface area contributed by atoms with Gasteiger partial charge < -0.3 is 9.73 Å². The van der Waals surface area contributed by atoms with Crippen LogP contribution in [0.3, 0.4) is 0 Å². The molecular formula is C20H23N3O3. The van der Waals surface area contributed by atoms with E-state index in [9.17, 15) is 9.59 Å². The number of hydrogen-bond donors (Lipinski definition) is 2. The highest BCUT2D eigenvalue weighted by Gasteiger charge is 2.21. The minimum absolute atomic E-state index is 0.0857. The summed E-state index contributed by atoms with van der Waals surface area (Å²) in [5, 5.41) is 7.10. The maximum absolute atomic E-state index is 12.4. The van der Waals surface area contributed by atoms with Crippen molar-refractivity contribution < 1.29 is 14.0 Å². The fraction of sp³-hybridized carbons (Fsp3) is 0.350. The minimum Gasteiger partial charge on any atom is -0.459 e. The van der Waals surface area contributed by atoms with Gasteiger partial charge in [0, 0.05) is 11.6 Å². The average molecular weight is 353 g/mol. The van der Waals surface area contributed by atoms with Crippen molar-refractivity contribution in [2.75, 3.05) is 5.32 Å². The van der Waals surface area contributed by atoms with Gasteiger partial charge in [0.15, 0.2) is 5.76 Å². The van der Waals surface area contributed by atoms with E-state index in [0.29, 0.717) is 5.71 Å². The van der Waals surface area contributed by atoms with Crippen LogP contribution in [-0.4, -0.2) is 17.5 Å². The Kier molecular flexibility index (Phi) is 5.84. The van der Waals surface area contributed by atoms with Crippen LogP contribution in [0.15, 0.2) is 52.2 Å². The molecule has 0 spiro atoms. The third kappa shape index (κ3) is 4.59. The summed E-state index contributed by atoms with van der Waals surface area (Å²) in [5.41, 5.74) is 4.67. The number of nitrogens with zero attached hydrogens (tertiary/aromatic N) is 1. The Bertz CT molecular complexity index is 790. The van der Waals surface area contributed by atoms with Crippen LogP contribution in [0.2, 0.25) is 0 Å². The maximum atomic E-state index is 12.4. The molecule has 6 nitrogen and oxygen atoms in total. The molecule has 1 saturated carbocycles. The van der Waals surface area contributed by atoms with Gasteiger partial charge in [-0.15, -0.1) is 0 Å². The van der Waals surface area contributed by atoms with E-state index in [2.05, 4.69) is 15.8 Å². The van der Waals surface area contributed by atoms with Crippen LogP contribution in [-0.2, 0) is 4.79 Å². The van der Waals surface area contributed by atoms with Crippen LogP contribution in [0.4, 0.5) is 5.69 Å².